The minimum absolute atomic E-state index is 0.0235. The van der Waals surface area contributed by atoms with Crippen LogP contribution in [0.15, 0.2) is 12.7 Å². The molecule has 0 radical (unpaired) electrons. The van der Waals surface area contributed by atoms with Crippen molar-refractivity contribution < 1.29 is 14.4 Å². The van der Waals surface area contributed by atoms with Gasteiger partial charge in [0.1, 0.15) is 0 Å². The maximum atomic E-state index is 11.5. The zero-order chi connectivity index (χ0) is 15.2. The average molecular weight is 299 g/mol. The number of hydrogen-bond acceptors (Lipinski definition) is 4. The zero-order valence-corrected chi connectivity index (χ0v) is 13.1. The number of rotatable bonds is 11. The molecule has 0 bridgehead atoms. The van der Waals surface area contributed by atoms with Gasteiger partial charge in [0.05, 0.1) is 5.75 Å². The number of hydrogen-bond donors (Lipinski definition) is 1. The van der Waals surface area contributed by atoms with Crippen LogP contribution in [0, 0.1) is 0 Å². The van der Waals surface area contributed by atoms with E-state index in [1.165, 1.54) is 26.2 Å². The van der Waals surface area contributed by atoms with Gasteiger partial charge in [0.15, 0.2) is 5.12 Å². The topological polar surface area (TPSA) is 63.2 Å². The summed E-state index contributed by atoms with van der Waals surface area (Å²) < 4.78 is 0. The third-order valence-electron chi connectivity index (χ3n) is 2.72. The molecule has 0 aliphatic rings. The summed E-state index contributed by atoms with van der Waals surface area (Å²) in [4.78, 5) is 33.2. The molecular formula is C15H25NO3S. The summed E-state index contributed by atoms with van der Waals surface area (Å²) in [5.41, 5.74) is 0. The van der Waals surface area contributed by atoms with Crippen LogP contribution in [0.25, 0.3) is 0 Å². The second-order valence-corrected chi connectivity index (χ2v) is 5.75. The lowest BCUT2D eigenvalue weighted by atomic mass is 10.1. The number of nitrogens with one attached hydrogen (secondary N) is 1. The van der Waals surface area contributed by atoms with Crippen LogP contribution < -0.4 is 5.32 Å². The molecule has 0 aliphatic heterocycles. The molecule has 0 aliphatic carbocycles. The number of amides is 2. The van der Waals surface area contributed by atoms with Crippen LogP contribution in [0.5, 0.6) is 0 Å². The SMILES string of the molecule is C=CCCCCCCCCC(=O)SCC(=O)NC(C)=O. The molecule has 0 heterocycles. The van der Waals surface area contributed by atoms with E-state index in [9.17, 15) is 14.4 Å². The molecule has 2 amide bonds. The molecule has 0 rings (SSSR count). The molecule has 0 saturated heterocycles. The van der Waals surface area contributed by atoms with Gasteiger partial charge in [0.25, 0.3) is 0 Å². The van der Waals surface area contributed by atoms with Gasteiger partial charge in [-0.2, -0.15) is 0 Å². The lowest BCUT2D eigenvalue weighted by molar-refractivity contribution is -0.127. The van der Waals surface area contributed by atoms with Gasteiger partial charge in [-0.3, -0.25) is 19.7 Å². The van der Waals surface area contributed by atoms with Gasteiger partial charge in [-0.25, -0.2) is 0 Å². The van der Waals surface area contributed by atoms with Crippen molar-refractivity contribution >= 4 is 28.7 Å². The van der Waals surface area contributed by atoms with Gasteiger partial charge < -0.3 is 0 Å². The number of imide groups is 1. The second-order valence-electron chi connectivity index (χ2n) is 4.71. The van der Waals surface area contributed by atoms with E-state index in [1.54, 1.807) is 0 Å². The molecule has 1 N–H and O–H groups in total. The van der Waals surface area contributed by atoms with Gasteiger partial charge in [0.2, 0.25) is 11.8 Å². The maximum Gasteiger partial charge on any atom is 0.237 e. The van der Waals surface area contributed by atoms with E-state index in [-0.39, 0.29) is 16.8 Å². The number of carbonyl (C=O) groups is 3. The van der Waals surface area contributed by atoms with Crippen molar-refractivity contribution in [1.29, 1.82) is 0 Å². The molecule has 0 saturated carbocycles. The lowest BCUT2D eigenvalue weighted by Crippen LogP contribution is -2.29. The van der Waals surface area contributed by atoms with Crippen LogP contribution in [0.2, 0.25) is 0 Å². The van der Waals surface area contributed by atoms with Crippen molar-refractivity contribution in [3.8, 4) is 0 Å². The van der Waals surface area contributed by atoms with Crippen molar-refractivity contribution in [1.82, 2.24) is 5.32 Å². The highest BCUT2D eigenvalue weighted by molar-refractivity contribution is 8.14. The first-order valence-corrected chi connectivity index (χ1v) is 8.11. The fraction of sp³-hybridized carbons (Fsp3) is 0.667. The van der Waals surface area contributed by atoms with Crippen LogP contribution in [-0.4, -0.2) is 22.7 Å². The first-order chi connectivity index (χ1) is 9.56. The minimum atomic E-state index is -0.405. The van der Waals surface area contributed by atoms with Crippen LogP contribution in [0.3, 0.4) is 0 Å². The third-order valence-corrected chi connectivity index (χ3v) is 3.65. The van der Waals surface area contributed by atoms with Crippen molar-refractivity contribution in [3.63, 3.8) is 0 Å². The van der Waals surface area contributed by atoms with E-state index in [4.69, 9.17) is 0 Å². The summed E-state index contributed by atoms with van der Waals surface area (Å²) in [5.74, 6) is -0.766. The third kappa shape index (κ3) is 13.3. The van der Waals surface area contributed by atoms with Gasteiger partial charge in [-0.1, -0.05) is 43.5 Å². The molecular weight excluding hydrogens is 274 g/mol. The summed E-state index contributed by atoms with van der Waals surface area (Å²) in [5, 5.41) is 2.16. The Balaban J connectivity index is 3.38. The Labute approximate surface area is 125 Å². The Kier molecular flexibility index (Phi) is 12.2. The first-order valence-electron chi connectivity index (χ1n) is 7.13. The first kappa shape index (κ1) is 18.9. The summed E-state index contributed by atoms with van der Waals surface area (Å²) in [6, 6.07) is 0. The maximum absolute atomic E-state index is 11.5. The fourth-order valence-electron chi connectivity index (χ4n) is 1.72. The molecule has 20 heavy (non-hydrogen) atoms. The second kappa shape index (κ2) is 12.9. The van der Waals surface area contributed by atoms with Gasteiger partial charge >= 0.3 is 0 Å². The van der Waals surface area contributed by atoms with Gasteiger partial charge in [0, 0.05) is 13.3 Å². The van der Waals surface area contributed by atoms with E-state index >= 15 is 0 Å². The highest BCUT2D eigenvalue weighted by Crippen LogP contribution is 2.12. The molecule has 0 aromatic rings. The molecule has 5 heteroatoms. The summed E-state index contributed by atoms with van der Waals surface area (Å²) >= 11 is 0.987. The van der Waals surface area contributed by atoms with Crippen LogP contribution >= 0.6 is 11.8 Å². The normalized spacial score (nSPS) is 10.1. The zero-order valence-electron chi connectivity index (χ0n) is 12.3. The molecule has 114 valence electrons. The Morgan fingerprint density at radius 3 is 2.25 bits per heavy atom. The van der Waals surface area contributed by atoms with Crippen molar-refractivity contribution in [2.45, 2.75) is 58.3 Å². The van der Waals surface area contributed by atoms with Crippen LogP contribution in [-0.2, 0) is 14.4 Å². The predicted molar refractivity (Wildman–Crippen MR) is 83.4 cm³/mol. The van der Waals surface area contributed by atoms with Gasteiger partial charge in [-0.15, -0.1) is 6.58 Å². The molecule has 0 aromatic heterocycles. The Morgan fingerprint density at radius 1 is 1.05 bits per heavy atom. The smallest absolute Gasteiger partial charge is 0.237 e. The fourth-order valence-corrected chi connectivity index (χ4v) is 2.37. The summed E-state index contributed by atoms with van der Waals surface area (Å²) in [6.07, 6.45) is 10.2. The number of thioether (sulfide) groups is 1. The molecule has 0 spiro atoms. The van der Waals surface area contributed by atoms with Crippen LogP contribution in [0.1, 0.15) is 58.3 Å². The Bertz CT molecular complexity index is 329. The minimum Gasteiger partial charge on any atom is -0.296 e. The lowest BCUT2D eigenvalue weighted by Gasteiger charge is -2.02. The van der Waals surface area contributed by atoms with Crippen molar-refractivity contribution in [2.24, 2.45) is 0 Å². The average Bonchev–Trinajstić information content (AvgIpc) is 2.38. The molecule has 0 unspecified atom stereocenters. The van der Waals surface area contributed by atoms with Gasteiger partial charge in [-0.05, 0) is 19.3 Å². The number of allylic oxidation sites excluding steroid dienone is 1. The Morgan fingerprint density at radius 2 is 1.65 bits per heavy atom. The van der Waals surface area contributed by atoms with E-state index in [0.717, 1.165) is 37.4 Å². The van der Waals surface area contributed by atoms with E-state index in [2.05, 4.69) is 11.9 Å². The number of carbonyl (C=O) groups excluding carboxylic acids is 3. The molecule has 0 atom stereocenters. The standard InChI is InChI=1S/C15H25NO3S/c1-3-4-5-6-7-8-9-10-11-15(19)20-12-14(18)16-13(2)17/h3H,1,4-12H2,2H3,(H,16,17,18). The quantitative estimate of drug-likeness (QED) is 0.470. The van der Waals surface area contributed by atoms with Crippen molar-refractivity contribution in [3.05, 3.63) is 12.7 Å². The molecule has 0 aromatic carbocycles. The predicted octanol–water partition coefficient (Wildman–Crippen LogP) is 3.22. The van der Waals surface area contributed by atoms with Crippen molar-refractivity contribution in [2.75, 3.05) is 5.75 Å². The van der Waals surface area contributed by atoms with E-state index in [0.29, 0.717) is 6.42 Å². The van der Waals surface area contributed by atoms with E-state index in [1.807, 2.05) is 6.08 Å². The highest BCUT2D eigenvalue weighted by Gasteiger charge is 2.08. The Hall–Kier alpha value is -1.10. The monoisotopic (exact) mass is 299 g/mol. The van der Waals surface area contributed by atoms with Crippen LogP contribution in [0.4, 0.5) is 0 Å². The molecule has 4 nitrogen and oxygen atoms in total. The largest absolute Gasteiger partial charge is 0.296 e. The van der Waals surface area contributed by atoms with E-state index < -0.39 is 5.91 Å². The summed E-state index contributed by atoms with van der Waals surface area (Å²) in [6.45, 7) is 4.96. The summed E-state index contributed by atoms with van der Waals surface area (Å²) in [7, 11) is 0. The number of unbranched alkanes of at least 4 members (excludes halogenated alkanes) is 6. The molecule has 0 fully saturated rings. The highest BCUT2D eigenvalue weighted by atomic mass is 32.2.